The van der Waals surface area contributed by atoms with Gasteiger partial charge in [-0.05, 0) is 50.4 Å². The molecule has 1 aliphatic heterocycles. The fraction of sp³-hybridized carbons (Fsp3) is 1.00. The molecule has 3 rings (SSSR count). The van der Waals surface area contributed by atoms with Gasteiger partial charge in [-0.1, -0.05) is 13.3 Å². The second kappa shape index (κ2) is 3.46. The summed E-state index contributed by atoms with van der Waals surface area (Å²) >= 11 is 0. The zero-order valence-corrected chi connectivity index (χ0v) is 10.5. The van der Waals surface area contributed by atoms with Gasteiger partial charge in [0.15, 0.2) is 0 Å². The van der Waals surface area contributed by atoms with E-state index in [1.807, 2.05) is 0 Å². The highest BCUT2D eigenvalue weighted by atomic mass is 16.5. The molecule has 1 N–H and O–H groups in total. The zero-order chi connectivity index (χ0) is 11.4. The van der Waals surface area contributed by atoms with Crippen LogP contribution in [-0.4, -0.2) is 23.4 Å². The molecular formula is C14H24O2. The average Bonchev–Trinajstić information content (AvgIpc) is 2.55. The van der Waals surface area contributed by atoms with E-state index in [1.165, 1.54) is 32.1 Å². The number of ether oxygens (including phenoxy) is 1. The fourth-order valence-electron chi connectivity index (χ4n) is 4.78. The zero-order valence-electron chi connectivity index (χ0n) is 10.5. The SMILES string of the molecule is C[C@H]1O[C@@]23C[C@@H]1CC[C@@]2(C)CCC[C@H]3CO. The Kier molecular flexibility index (Phi) is 2.38. The summed E-state index contributed by atoms with van der Waals surface area (Å²) in [6, 6.07) is 0. The average molecular weight is 224 g/mol. The first-order valence-electron chi connectivity index (χ1n) is 6.90. The van der Waals surface area contributed by atoms with E-state index in [4.69, 9.17) is 4.74 Å². The molecule has 0 amide bonds. The Morgan fingerprint density at radius 2 is 2.12 bits per heavy atom. The normalized spacial score (nSPS) is 56.1. The van der Waals surface area contributed by atoms with Crippen LogP contribution in [-0.2, 0) is 4.74 Å². The highest BCUT2D eigenvalue weighted by Crippen LogP contribution is 2.63. The Morgan fingerprint density at radius 3 is 2.88 bits per heavy atom. The van der Waals surface area contributed by atoms with Gasteiger partial charge >= 0.3 is 0 Å². The quantitative estimate of drug-likeness (QED) is 0.742. The number of rotatable bonds is 1. The Balaban J connectivity index is 2.00. The van der Waals surface area contributed by atoms with E-state index in [0.29, 0.717) is 24.0 Å². The van der Waals surface area contributed by atoms with Gasteiger partial charge in [0.25, 0.3) is 0 Å². The molecule has 0 unspecified atom stereocenters. The van der Waals surface area contributed by atoms with Crippen LogP contribution in [0.4, 0.5) is 0 Å². The molecule has 3 aliphatic rings. The van der Waals surface area contributed by atoms with E-state index in [-0.39, 0.29) is 5.60 Å². The number of hydrogen-bond acceptors (Lipinski definition) is 2. The van der Waals surface area contributed by atoms with Crippen LogP contribution in [0.3, 0.4) is 0 Å². The third-order valence-corrected chi connectivity index (χ3v) is 5.88. The lowest BCUT2D eigenvalue weighted by Gasteiger charge is -2.55. The molecule has 5 atom stereocenters. The Hall–Kier alpha value is -0.0800. The molecule has 1 heterocycles. The molecule has 1 spiro atoms. The van der Waals surface area contributed by atoms with Crippen molar-refractivity contribution < 1.29 is 9.84 Å². The van der Waals surface area contributed by atoms with Gasteiger partial charge in [-0.2, -0.15) is 0 Å². The van der Waals surface area contributed by atoms with Crippen LogP contribution >= 0.6 is 0 Å². The molecule has 0 radical (unpaired) electrons. The van der Waals surface area contributed by atoms with Crippen molar-refractivity contribution in [2.45, 2.75) is 64.1 Å². The van der Waals surface area contributed by atoms with Gasteiger partial charge in [0.2, 0.25) is 0 Å². The minimum Gasteiger partial charge on any atom is -0.396 e. The summed E-state index contributed by atoms with van der Waals surface area (Å²) in [6.07, 6.45) is 7.97. The maximum Gasteiger partial charge on any atom is 0.0792 e. The van der Waals surface area contributed by atoms with Gasteiger partial charge < -0.3 is 9.84 Å². The first kappa shape index (κ1) is 11.0. The smallest absolute Gasteiger partial charge is 0.0792 e. The molecule has 2 saturated carbocycles. The molecule has 3 fully saturated rings. The molecule has 2 heteroatoms. The summed E-state index contributed by atoms with van der Waals surface area (Å²) in [5.41, 5.74) is 0.349. The number of hydrogen-bond donors (Lipinski definition) is 1. The van der Waals surface area contributed by atoms with Gasteiger partial charge in [-0.25, -0.2) is 0 Å². The van der Waals surface area contributed by atoms with E-state index in [2.05, 4.69) is 13.8 Å². The van der Waals surface area contributed by atoms with E-state index in [9.17, 15) is 5.11 Å². The lowest BCUT2D eigenvalue weighted by molar-refractivity contribution is -0.183. The van der Waals surface area contributed by atoms with Crippen molar-refractivity contribution in [3.63, 3.8) is 0 Å². The third-order valence-electron chi connectivity index (χ3n) is 5.88. The summed E-state index contributed by atoms with van der Waals surface area (Å²) < 4.78 is 6.42. The van der Waals surface area contributed by atoms with E-state index in [0.717, 1.165) is 12.3 Å². The summed E-state index contributed by atoms with van der Waals surface area (Å²) in [7, 11) is 0. The van der Waals surface area contributed by atoms with Crippen molar-refractivity contribution >= 4 is 0 Å². The van der Waals surface area contributed by atoms with E-state index < -0.39 is 0 Å². The molecule has 0 aromatic rings. The standard InChI is InChI=1S/C14H24O2/c1-10-11-5-7-13(2)6-3-4-12(9-15)14(13,8-11)16-10/h10-12,15H,3-9H2,1-2H3/t10-,11+,12+,13-,14-/m1/s1. The van der Waals surface area contributed by atoms with Crippen molar-refractivity contribution in [1.29, 1.82) is 0 Å². The first-order chi connectivity index (χ1) is 7.61. The molecule has 92 valence electrons. The molecule has 16 heavy (non-hydrogen) atoms. The number of aliphatic hydroxyl groups excluding tert-OH is 1. The molecule has 2 nitrogen and oxygen atoms in total. The lowest BCUT2D eigenvalue weighted by Crippen LogP contribution is -2.56. The highest BCUT2D eigenvalue weighted by molar-refractivity contribution is 5.12. The van der Waals surface area contributed by atoms with Crippen molar-refractivity contribution in [1.82, 2.24) is 0 Å². The second-order valence-corrected chi connectivity index (χ2v) is 6.55. The van der Waals surface area contributed by atoms with Gasteiger partial charge in [-0.3, -0.25) is 0 Å². The monoisotopic (exact) mass is 224 g/mol. The van der Waals surface area contributed by atoms with Crippen molar-refractivity contribution in [2.24, 2.45) is 17.3 Å². The lowest BCUT2D eigenvalue weighted by atomic mass is 9.53. The summed E-state index contributed by atoms with van der Waals surface area (Å²) in [4.78, 5) is 0. The van der Waals surface area contributed by atoms with Gasteiger partial charge in [0, 0.05) is 12.5 Å². The van der Waals surface area contributed by atoms with Crippen LogP contribution in [0.2, 0.25) is 0 Å². The van der Waals surface area contributed by atoms with Gasteiger partial charge in [0.1, 0.15) is 0 Å². The number of fused-ring (bicyclic) bond motifs is 1. The Labute approximate surface area is 98.4 Å². The molecule has 0 aromatic heterocycles. The molecule has 0 aromatic carbocycles. The van der Waals surface area contributed by atoms with Crippen LogP contribution in [0, 0.1) is 17.3 Å². The predicted octanol–water partition coefficient (Wildman–Crippen LogP) is 2.74. The van der Waals surface area contributed by atoms with Crippen LogP contribution in [0.15, 0.2) is 0 Å². The molecule has 1 saturated heterocycles. The highest BCUT2D eigenvalue weighted by Gasteiger charge is 2.63. The molecular weight excluding hydrogens is 200 g/mol. The van der Waals surface area contributed by atoms with Crippen LogP contribution < -0.4 is 0 Å². The van der Waals surface area contributed by atoms with Crippen molar-refractivity contribution in [2.75, 3.05) is 6.61 Å². The predicted molar refractivity (Wildman–Crippen MR) is 63.2 cm³/mol. The fourth-order valence-corrected chi connectivity index (χ4v) is 4.78. The molecule has 2 aliphatic carbocycles. The minimum atomic E-state index is 0.0162. The Morgan fingerprint density at radius 1 is 1.31 bits per heavy atom. The van der Waals surface area contributed by atoms with Crippen molar-refractivity contribution in [3.05, 3.63) is 0 Å². The van der Waals surface area contributed by atoms with Crippen molar-refractivity contribution in [3.8, 4) is 0 Å². The van der Waals surface area contributed by atoms with Crippen LogP contribution in [0.1, 0.15) is 52.4 Å². The van der Waals surface area contributed by atoms with Gasteiger partial charge in [0.05, 0.1) is 11.7 Å². The number of aliphatic hydroxyl groups is 1. The van der Waals surface area contributed by atoms with Crippen LogP contribution in [0.5, 0.6) is 0 Å². The Bertz CT molecular complexity index is 286. The van der Waals surface area contributed by atoms with Crippen LogP contribution in [0.25, 0.3) is 0 Å². The van der Waals surface area contributed by atoms with Gasteiger partial charge in [-0.15, -0.1) is 0 Å². The third kappa shape index (κ3) is 1.20. The first-order valence-corrected chi connectivity index (χ1v) is 6.90. The summed E-state index contributed by atoms with van der Waals surface area (Å²) in [5, 5.41) is 9.67. The van der Waals surface area contributed by atoms with E-state index >= 15 is 0 Å². The topological polar surface area (TPSA) is 29.5 Å². The maximum absolute atomic E-state index is 9.67. The summed E-state index contributed by atoms with van der Waals surface area (Å²) in [6.45, 7) is 4.95. The maximum atomic E-state index is 9.67. The largest absolute Gasteiger partial charge is 0.396 e. The summed E-state index contributed by atoms with van der Waals surface area (Å²) in [5.74, 6) is 1.14. The molecule has 2 bridgehead atoms. The minimum absolute atomic E-state index is 0.0162. The van der Waals surface area contributed by atoms with E-state index in [1.54, 1.807) is 0 Å². The second-order valence-electron chi connectivity index (χ2n) is 6.55.